The lowest BCUT2D eigenvalue weighted by molar-refractivity contribution is 0.349. The molecule has 3 aromatic carbocycles. The molecule has 1 heterocycles. The summed E-state index contributed by atoms with van der Waals surface area (Å²) in [4.78, 5) is 7.26. The number of likely N-dealkylation sites (N-methyl/N-ethyl adjacent to an activating group) is 1. The molecule has 0 bridgehead atoms. The van der Waals surface area contributed by atoms with E-state index >= 15 is 0 Å². The van der Waals surface area contributed by atoms with Crippen molar-refractivity contribution in [3.05, 3.63) is 101 Å². The molecule has 136 valence electrons. The Morgan fingerprint density at radius 3 is 2.44 bits per heavy atom. The van der Waals surface area contributed by atoms with Gasteiger partial charge in [-0.15, -0.1) is 0 Å². The van der Waals surface area contributed by atoms with Crippen LogP contribution in [0.2, 0.25) is 5.02 Å². The number of nitrogens with zero attached hydrogens (tertiary/aromatic N) is 2. The highest BCUT2D eigenvalue weighted by molar-refractivity contribution is 6.30. The summed E-state index contributed by atoms with van der Waals surface area (Å²) in [7, 11) is 2.06. The third-order valence-corrected chi connectivity index (χ3v) is 5.02. The van der Waals surface area contributed by atoms with E-state index in [1.807, 2.05) is 30.3 Å². The maximum Gasteiger partial charge on any atom is 0.145 e. The van der Waals surface area contributed by atoms with Crippen molar-refractivity contribution < 1.29 is 4.74 Å². The van der Waals surface area contributed by atoms with Crippen molar-refractivity contribution >= 4 is 17.4 Å². The van der Waals surface area contributed by atoms with Gasteiger partial charge in [0, 0.05) is 18.6 Å². The molecule has 1 aliphatic heterocycles. The number of rotatable bonds is 4. The fourth-order valence-electron chi connectivity index (χ4n) is 3.32. The quantitative estimate of drug-likeness (QED) is 0.613. The van der Waals surface area contributed by atoms with E-state index in [0.717, 1.165) is 18.1 Å². The van der Waals surface area contributed by atoms with Gasteiger partial charge in [-0.2, -0.15) is 0 Å². The summed E-state index contributed by atoms with van der Waals surface area (Å²) in [6.07, 6.45) is 0. The number of benzene rings is 3. The van der Waals surface area contributed by atoms with Crippen LogP contribution < -0.4 is 4.74 Å². The molecular formula is C23H21ClN2O. The standard InChI is InChI=1S/C23H21ClN2O/c1-26-15-18-9-5-6-10-21(18)23(17-7-3-2-4-8-17)25-22(26)16-27-20-13-11-19(24)12-14-20/h2-14,23H,15-16H2,1H3. The first kappa shape index (κ1) is 17.6. The highest BCUT2D eigenvalue weighted by atomic mass is 35.5. The zero-order valence-corrected chi connectivity index (χ0v) is 15.9. The minimum atomic E-state index is -0.0313. The van der Waals surface area contributed by atoms with Crippen LogP contribution in [0.1, 0.15) is 22.7 Å². The van der Waals surface area contributed by atoms with Crippen molar-refractivity contribution in [2.45, 2.75) is 12.6 Å². The van der Waals surface area contributed by atoms with Crippen LogP contribution in [-0.2, 0) is 6.54 Å². The molecule has 0 radical (unpaired) electrons. The number of halogens is 1. The Bertz CT molecular complexity index is 938. The van der Waals surface area contributed by atoms with Crippen molar-refractivity contribution in [3.63, 3.8) is 0 Å². The zero-order chi connectivity index (χ0) is 18.6. The van der Waals surface area contributed by atoms with E-state index in [-0.39, 0.29) is 6.04 Å². The molecule has 27 heavy (non-hydrogen) atoms. The van der Waals surface area contributed by atoms with Crippen LogP contribution in [0.5, 0.6) is 5.75 Å². The Hall–Kier alpha value is -2.78. The minimum Gasteiger partial charge on any atom is -0.486 e. The van der Waals surface area contributed by atoms with Gasteiger partial charge in [0.1, 0.15) is 24.2 Å². The van der Waals surface area contributed by atoms with Crippen LogP contribution in [-0.4, -0.2) is 24.4 Å². The Morgan fingerprint density at radius 1 is 0.963 bits per heavy atom. The second-order valence-corrected chi connectivity index (χ2v) is 7.09. The van der Waals surface area contributed by atoms with E-state index in [1.165, 1.54) is 16.7 Å². The van der Waals surface area contributed by atoms with Gasteiger partial charge < -0.3 is 9.64 Å². The molecule has 4 heteroatoms. The first-order chi connectivity index (χ1) is 13.2. The number of hydrogen-bond acceptors (Lipinski definition) is 3. The number of ether oxygens (including phenoxy) is 1. The molecule has 3 nitrogen and oxygen atoms in total. The number of fused-ring (bicyclic) bond motifs is 1. The van der Waals surface area contributed by atoms with Gasteiger partial charge in [-0.1, -0.05) is 66.2 Å². The summed E-state index contributed by atoms with van der Waals surface area (Å²) in [5.74, 6) is 1.71. The lowest BCUT2D eigenvalue weighted by atomic mass is 9.95. The predicted octanol–water partition coefficient (Wildman–Crippen LogP) is 5.35. The summed E-state index contributed by atoms with van der Waals surface area (Å²) in [6, 6.07) is 26.3. The summed E-state index contributed by atoms with van der Waals surface area (Å²) >= 11 is 5.96. The summed E-state index contributed by atoms with van der Waals surface area (Å²) in [5, 5.41) is 0.700. The van der Waals surface area contributed by atoms with Crippen molar-refractivity contribution in [3.8, 4) is 5.75 Å². The Labute approximate surface area is 164 Å². The van der Waals surface area contributed by atoms with Crippen LogP contribution in [0.15, 0.2) is 83.9 Å². The van der Waals surface area contributed by atoms with Crippen molar-refractivity contribution in [2.75, 3.05) is 13.7 Å². The van der Waals surface area contributed by atoms with Gasteiger partial charge >= 0.3 is 0 Å². The molecule has 0 spiro atoms. The maximum absolute atomic E-state index is 5.98. The zero-order valence-electron chi connectivity index (χ0n) is 15.2. The van der Waals surface area contributed by atoms with Crippen LogP contribution in [0, 0.1) is 0 Å². The van der Waals surface area contributed by atoms with Crippen LogP contribution in [0.3, 0.4) is 0 Å². The van der Waals surface area contributed by atoms with E-state index in [9.17, 15) is 0 Å². The largest absolute Gasteiger partial charge is 0.486 e. The van der Waals surface area contributed by atoms with Crippen molar-refractivity contribution in [1.82, 2.24) is 4.90 Å². The number of hydrogen-bond donors (Lipinski definition) is 0. The molecule has 0 saturated heterocycles. The fourth-order valence-corrected chi connectivity index (χ4v) is 3.45. The van der Waals surface area contributed by atoms with E-state index < -0.39 is 0 Å². The molecule has 0 amide bonds. The summed E-state index contributed by atoms with van der Waals surface area (Å²) in [5.41, 5.74) is 3.72. The number of amidine groups is 1. The Kier molecular flexibility index (Phi) is 5.12. The smallest absolute Gasteiger partial charge is 0.145 e. The van der Waals surface area contributed by atoms with Gasteiger partial charge in [0.05, 0.1) is 0 Å². The molecule has 1 aliphatic rings. The van der Waals surface area contributed by atoms with Gasteiger partial charge in [0.15, 0.2) is 0 Å². The molecule has 1 unspecified atom stereocenters. The normalized spacial score (nSPS) is 16.3. The number of aliphatic imine (C=N–C) groups is 1. The average molecular weight is 377 g/mol. The Balaban J connectivity index is 1.66. The minimum absolute atomic E-state index is 0.0313. The summed E-state index contributed by atoms with van der Waals surface area (Å²) < 4.78 is 5.98. The Morgan fingerprint density at radius 2 is 1.67 bits per heavy atom. The SMILES string of the molecule is CN1Cc2ccccc2C(c2ccccc2)N=C1COc1ccc(Cl)cc1. The van der Waals surface area contributed by atoms with E-state index in [1.54, 1.807) is 0 Å². The van der Waals surface area contributed by atoms with Crippen molar-refractivity contribution in [1.29, 1.82) is 0 Å². The molecule has 0 aromatic heterocycles. The van der Waals surface area contributed by atoms with Crippen LogP contribution in [0.4, 0.5) is 0 Å². The van der Waals surface area contributed by atoms with Crippen molar-refractivity contribution in [2.24, 2.45) is 4.99 Å². The maximum atomic E-state index is 5.98. The first-order valence-electron chi connectivity index (χ1n) is 8.99. The molecule has 0 saturated carbocycles. The van der Waals surface area contributed by atoms with Gasteiger partial charge in [-0.05, 0) is 41.0 Å². The van der Waals surface area contributed by atoms with Gasteiger partial charge in [0.25, 0.3) is 0 Å². The average Bonchev–Trinajstić information content (AvgIpc) is 2.84. The van der Waals surface area contributed by atoms with Gasteiger partial charge in [0.2, 0.25) is 0 Å². The van der Waals surface area contributed by atoms with Crippen LogP contribution in [0.25, 0.3) is 0 Å². The van der Waals surface area contributed by atoms with Gasteiger partial charge in [-0.3, -0.25) is 4.99 Å². The highest BCUT2D eigenvalue weighted by Crippen LogP contribution is 2.32. The molecular weight excluding hydrogens is 356 g/mol. The molecule has 0 fully saturated rings. The first-order valence-corrected chi connectivity index (χ1v) is 9.37. The van der Waals surface area contributed by atoms with Crippen LogP contribution >= 0.6 is 11.6 Å². The molecule has 3 aromatic rings. The monoisotopic (exact) mass is 376 g/mol. The molecule has 0 aliphatic carbocycles. The lowest BCUT2D eigenvalue weighted by Gasteiger charge is -2.20. The predicted molar refractivity (Wildman–Crippen MR) is 111 cm³/mol. The second-order valence-electron chi connectivity index (χ2n) is 6.66. The fraction of sp³-hybridized carbons (Fsp3) is 0.174. The topological polar surface area (TPSA) is 24.8 Å². The lowest BCUT2D eigenvalue weighted by Crippen LogP contribution is -2.30. The van der Waals surface area contributed by atoms with E-state index in [4.69, 9.17) is 21.3 Å². The highest BCUT2D eigenvalue weighted by Gasteiger charge is 2.23. The van der Waals surface area contributed by atoms with E-state index in [2.05, 4.69) is 60.5 Å². The molecule has 4 rings (SSSR count). The third-order valence-electron chi connectivity index (χ3n) is 4.77. The molecule has 0 N–H and O–H groups in total. The summed E-state index contributed by atoms with van der Waals surface area (Å²) in [6.45, 7) is 1.22. The third kappa shape index (κ3) is 3.99. The molecule has 1 atom stereocenters. The van der Waals surface area contributed by atoms with Gasteiger partial charge in [-0.25, -0.2) is 0 Å². The second kappa shape index (κ2) is 7.85. The van der Waals surface area contributed by atoms with E-state index in [0.29, 0.717) is 11.6 Å².